The zero-order valence-corrected chi connectivity index (χ0v) is 13.1. The van der Waals surface area contributed by atoms with E-state index in [-0.39, 0.29) is 23.9 Å². The van der Waals surface area contributed by atoms with Crippen LogP contribution in [0.2, 0.25) is 0 Å². The Morgan fingerprint density at radius 2 is 2.00 bits per heavy atom. The number of rotatable bonds is 4. The van der Waals surface area contributed by atoms with Gasteiger partial charge >= 0.3 is 0 Å². The first-order valence-corrected chi connectivity index (χ1v) is 7.69. The number of aryl methyl sites for hydroxylation is 1. The van der Waals surface area contributed by atoms with Gasteiger partial charge in [0.15, 0.2) is 0 Å². The van der Waals surface area contributed by atoms with Gasteiger partial charge in [0.1, 0.15) is 6.04 Å². The van der Waals surface area contributed by atoms with Crippen molar-refractivity contribution in [2.45, 2.75) is 52.1 Å². The second-order valence-corrected chi connectivity index (χ2v) is 5.70. The molecule has 1 fully saturated rings. The molecule has 0 radical (unpaired) electrons. The predicted molar refractivity (Wildman–Crippen MR) is 82.8 cm³/mol. The summed E-state index contributed by atoms with van der Waals surface area (Å²) in [5.74, 6) is -0.0673. The second-order valence-electron chi connectivity index (χ2n) is 5.70. The van der Waals surface area contributed by atoms with Crippen LogP contribution in [0.3, 0.4) is 0 Å². The van der Waals surface area contributed by atoms with E-state index in [1.807, 2.05) is 6.92 Å². The van der Waals surface area contributed by atoms with Crippen molar-refractivity contribution in [2.75, 3.05) is 6.54 Å². The highest BCUT2D eigenvalue weighted by Gasteiger charge is 2.32. The first kappa shape index (κ1) is 15.5. The molecule has 21 heavy (non-hydrogen) atoms. The summed E-state index contributed by atoms with van der Waals surface area (Å²) in [7, 11) is 0. The Kier molecular flexibility index (Phi) is 4.99. The molecule has 1 aromatic carbocycles. The van der Waals surface area contributed by atoms with Crippen LogP contribution in [0.25, 0.3) is 0 Å². The van der Waals surface area contributed by atoms with Crippen molar-refractivity contribution in [3.05, 3.63) is 35.4 Å². The molecule has 1 aliphatic heterocycles. The van der Waals surface area contributed by atoms with Crippen molar-refractivity contribution >= 4 is 11.8 Å². The van der Waals surface area contributed by atoms with Crippen LogP contribution in [0.5, 0.6) is 0 Å². The molecular formula is C17H24N2O2. The second kappa shape index (κ2) is 6.74. The van der Waals surface area contributed by atoms with Crippen LogP contribution in [0.4, 0.5) is 0 Å². The van der Waals surface area contributed by atoms with Gasteiger partial charge in [-0.3, -0.25) is 9.59 Å². The number of amides is 2. The molecule has 0 aromatic heterocycles. The fourth-order valence-electron chi connectivity index (χ4n) is 2.85. The SMILES string of the molecule is CCc1ccc(C(C)NC(=O)C2CCCN2C(C)=O)cc1. The van der Waals surface area contributed by atoms with Crippen LogP contribution < -0.4 is 5.32 Å². The summed E-state index contributed by atoms with van der Waals surface area (Å²) in [5, 5.41) is 3.03. The van der Waals surface area contributed by atoms with E-state index in [4.69, 9.17) is 0 Å². The van der Waals surface area contributed by atoms with Crippen LogP contribution in [-0.2, 0) is 16.0 Å². The molecule has 2 rings (SSSR count). The van der Waals surface area contributed by atoms with E-state index in [1.165, 1.54) is 12.5 Å². The van der Waals surface area contributed by atoms with E-state index in [1.54, 1.807) is 4.90 Å². The first-order chi connectivity index (χ1) is 10.0. The molecule has 2 atom stereocenters. The minimum atomic E-state index is -0.306. The third kappa shape index (κ3) is 3.63. The van der Waals surface area contributed by atoms with E-state index in [0.29, 0.717) is 6.54 Å². The summed E-state index contributed by atoms with van der Waals surface area (Å²) in [6.07, 6.45) is 2.67. The highest BCUT2D eigenvalue weighted by Crippen LogP contribution is 2.19. The molecule has 0 saturated carbocycles. The zero-order chi connectivity index (χ0) is 15.4. The number of carbonyl (C=O) groups excluding carboxylic acids is 2. The highest BCUT2D eigenvalue weighted by molar-refractivity contribution is 5.87. The van der Waals surface area contributed by atoms with Crippen molar-refractivity contribution in [3.8, 4) is 0 Å². The molecule has 0 bridgehead atoms. The third-order valence-corrected chi connectivity index (χ3v) is 4.21. The number of benzene rings is 1. The predicted octanol–water partition coefficient (Wildman–Crippen LogP) is 2.44. The fourth-order valence-corrected chi connectivity index (χ4v) is 2.85. The number of carbonyl (C=O) groups is 2. The van der Waals surface area contributed by atoms with Crippen molar-refractivity contribution < 1.29 is 9.59 Å². The summed E-state index contributed by atoms with van der Waals surface area (Å²) in [5.41, 5.74) is 2.38. The minimum absolute atomic E-state index is 0.0207. The number of hydrogen-bond acceptors (Lipinski definition) is 2. The number of nitrogens with zero attached hydrogens (tertiary/aromatic N) is 1. The van der Waals surface area contributed by atoms with Crippen molar-refractivity contribution in [3.63, 3.8) is 0 Å². The number of hydrogen-bond donors (Lipinski definition) is 1. The molecular weight excluding hydrogens is 264 g/mol. The Balaban J connectivity index is 1.99. The molecule has 0 aliphatic carbocycles. The van der Waals surface area contributed by atoms with E-state index in [9.17, 15) is 9.59 Å². The Labute approximate surface area is 126 Å². The van der Waals surface area contributed by atoms with Gasteiger partial charge in [0, 0.05) is 13.5 Å². The van der Waals surface area contributed by atoms with Gasteiger partial charge in [0.05, 0.1) is 6.04 Å². The molecule has 1 N–H and O–H groups in total. The zero-order valence-electron chi connectivity index (χ0n) is 13.1. The third-order valence-electron chi connectivity index (χ3n) is 4.21. The van der Waals surface area contributed by atoms with Crippen molar-refractivity contribution in [2.24, 2.45) is 0 Å². The van der Waals surface area contributed by atoms with Crippen molar-refractivity contribution in [1.82, 2.24) is 10.2 Å². The lowest BCUT2D eigenvalue weighted by Gasteiger charge is -2.24. The molecule has 2 amide bonds. The molecule has 114 valence electrons. The normalized spacial score (nSPS) is 19.4. The van der Waals surface area contributed by atoms with Gasteiger partial charge in [-0.2, -0.15) is 0 Å². The van der Waals surface area contributed by atoms with Crippen LogP contribution >= 0.6 is 0 Å². The van der Waals surface area contributed by atoms with Gasteiger partial charge in [-0.25, -0.2) is 0 Å². The monoisotopic (exact) mass is 288 g/mol. The van der Waals surface area contributed by atoms with Crippen LogP contribution in [0, 0.1) is 0 Å². The summed E-state index contributed by atoms with van der Waals surface area (Å²) in [4.78, 5) is 25.6. The van der Waals surface area contributed by atoms with Crippen LogP contribution in [0.15, 0.2) is 24.3 Å². The number of nitrogens with one attached hydrogen (secondary N) is 1. The van der Waals surface area contributed by atoms with Gasteiger partial charge < -0.3 is 10.2 Å². The Bertz CT molecular complexity index is 510. The molecule has 1 aromatic rings. The quantitative estimate of drug-likeness (QED) is 0.925. The molecule has 1 heterocycles. The van der Waals surface area contributed by atoms with Gasteiger partial charge in [-0.05, 0) is 37.3 Å². The highest BCUT2D eigenvalue weighted by atomic mass is 16.2. The van der Waals surface area contributed by atoms with E-state index >= 15 is 0 Å². The molecule has 4 heteroatoms. The summed E-state index contributed by atoms with van der Waals surface area (Å²) < 4.78 is 0. The van der Waals surface area contributed by atoms with E-state index < -0.39 is 0 Å². The average molecular weight is 288 g/mol. The molecule has 2 unspecified atom stereocenters. The lowest BCUT2D eigenvalue weighted by molar-refractivity contribution is -0.137. The van der Waals surface area contributed by atoms with Gasteiger partial charge in [-0.15, -0.1) is 0 Å². The lowest BCUT2D eigenvalue weighted by atomic mass is 10.0. The molecule has 4 nitrogen and oxygen atoms in total. The Morgan fingerprint density at radius 3 is 2.57 bits per heavy atom. The maximum Gasteiger partial charge on any atom is 0.243 e. The Hall–Kier alpha value is -1.84. The maximum absolute atomic E-state index is 12.4. The van der Waals surface area contributed by atoms with Gasteiger partial charge in [0.2, 0.25) is 11.8 Å². The smallest absolute Gasteiger partial charge is 0.243 e. The van der Waals surface area contributed by atoms with E-state index in [0.717, 1.165) is 24.8 Å². The van der Waals surface area contributed by atoms with Crippen molar-refractivity contribution in [1.29, 1.82) is 0 Å². The van der Waals surface area contributed by atoms with Crippen LogP contribution in [-0.4, -0.2) is 29.3 Å². The topological polar surface area (TPSA) is 49.4 Å². The van der Waals surface area contributed by atoms with E-state index in [2.05, 4.69) is 36.5 Å². The fraction of sp³-hybridized carbons (Fsp3) is 0.529. The van der Waals surface area contributed by atoms with Gasteiger partial charge in [0.25, 0.3) is 0 Å². The first-order valence-electron chi connectivity index (χ1n) is 7.69. The minimum Gasteiger partial charge on any atom is -0.348 e. The van der Waals surface area contributed by atoms with Gasteiger partial charge in [-0.1, -0.05) is 31.2 Å². The summed E-state index contributed by atoms with van der Waals surface area (Å²) in [6, 6.07) is 7.95. The molecule has 1 aliphatic rings. The summed E-state index contributed by atoms with van der Waals surface area (Å²) in [6.45, 7) is 6.31. The summed E-state index contributed by atoms with van der Waals surface area (Å²) >= 11 is 0. The molecule has 1 saturated heterocycles. The Morgan fingerprint density at radius 1 is 1.33 bits per heavy atom. The standard InChI is InChI=1S/C17H24N2O2/c1-4-14-7-9-15(10-8-14)12(2)18-17(21)16-6-5-11-19(16)13(3)20/h7-10,12,16H,4-6,11H2,1-3H3,(H,18,21). The average Bonchev–Trinajstić information content (AvgIpc) is 2.97. The largest absolute Gasteiger partial charge is 0.348 e. The number of likely N-dealkylation sites (tertiary alicyclic amines) is 1. The van der Waals surface area contributed by atoms with Crippen LogP contribution in [0.1, 0.15) is 50.8 Å². The molecule has 0 spiro atoms. The maximum atomic E-state index is 12.4. The lowest BCUT2D eigenvalue weighted by Crippen LogP contribution is -2.45.